The molecule has 1 aromatic rings. The van der Waals surface area contributed by atoms with Crippen LogP contribution in [0.4, 0.5) is 0 Å². The fourth-order valence-electron chi connectivity index (χ4n) is 2.27. The molecular weight excluding hydrogens is 248 g/mol. The molecule has 1 N–H and O–H groups in total. The number of piperidine rings is 1. The molecule has 0 radical (unpaired) electrons. The Hall–Kier alpha value is -0.940. The lowest BCUT2D eigenvalue weighted by Gasteiger charge is -2.20. The summed E-state index contributed by atoms with van der Waals surface area (Å²) in [6.07, 6.45) is 4.19. The predicted octanol–water partition coefficient (Wildman–Crippen LogP) is 2.35. The van der Waals surface area contributed by atoms with Crippen LogP contribution in [-0.4, -0.2) is 31.2 Å². The molecule has 2 heterocycles. The molecule has 1 aromatic heterocycles. The van der Waals surface area contributed by atoms with Gasteiger partial charge >= 0.3 is 5.97 Å². The van der Waals surface area contributed by atoms with Crippen LogP contribution in [0, 0.1) is 0 Å². The number of hydrogen-bond donors (Lipinski definition) is 1. The lowest BCUT2D eigenvalue weighted by Crippen LogP contribution is -2.28. The third-order valence-corrected chi connectivity index (χ3v) is 4.46. The first-order chi connectivity index (χ1) is 8.76. The summed E-state index contributed by atoms with van der Waals surface area (Å²) in [6.45, 7) is 4.16. The summed E-state index contributed by atoms with van der Waals surface area (Å²) in [5, 5.41) is 4.48. The van der Waals surface area contributed by atoms with Crippen LogP contribution in [0.3, 0.4) is 0 Å². The molecule has 0 aromatic carbocycles. The minimum Gasteiger partial charge on any atom is -0.465 e. The van der Waals surface area contributed by atoms with Gasteiger partial charge in [0.15, 0.2) is 0 Å². The van der Waals surface area contributed by atoms with E-state index in [0.717, 1.165) is 43.1 Å². The van der Waals surface area contributed by atoms with Gasteiger partial charge in [0.05, 0.1) is 17.8 Å². The number of methoxy groups -OCH3 is 1. The van der Waals surface area contributed by atoms with Gasteiger partial charge in [-0.15, -0.1) is 11.3 Å². The summed E-state index contributed by atoms with van der Waals surface area (Å²) in [6, 6.07) is 0. The Morgan fingerprint density at radius 1 is 1.61 bits per heavy atom. The molecule has 1 atom stereocenters. The standard InChI is InChI=1S/C13H20N2O2S/c1-3-5-10-11(13(16)17-2)18-12(15-10)9-6-4-7-14-8-9/h9,14H,3-8H2,1-2H3. The SMILES string of the molecule is CCCc1nc(C2CCCNC2)sc1C(=O)OC. The van der Waals surface area contributed by atoms with Gasteiger partial charge in [0.25, 0.3) is 0 Å². The molecule has 5 heteroatoms. The highest BCUT2D eigenvalue weighted by Gasteiger charge is 2.24. The Labute approximate surface area is 112 Å². The highest BCUT2D eigenvalue weighted by Crippen LogP contribution is 2.30. The second-order valence-electron chi connectivity index (χ2n) is 4.61. The molecule has 1 aliphatic rings. The van der Waals surface area contributed by atoms with Crippen molar-refractivity contribution in [2.45, 2.75) is 38.5 Å². The summed E-state index contributed by atoms with van der Waals surface area (Å²) in [4.78, 5) is 17.1. The van der Waals surface area contributed by atoms with Crippen LogP contribution in [0.1, 0.15) is 52.5 Å². The van der Waals surface area contributed by atoms with Gasteiger partial charge in [-0.2, -0.15) is 0 Å². The molecule has 1 aliphatic heterocycles. The van der Waals surface area contributed by atoms with Gasteiger partial charge < -0.3 is 10.1 Å². The second kappa shape index (κ2) is 6.29. The highest BCUT2D eigenvalue weighted by atomic mass is 32.1. The topological polar surface area (TPSA) is 51.2 Å². The average Bonchev–Trinajstić information content (AvgIpc) is 2.83. The van der Waals surface area contributed by atoms with Gasteiger partial charge in [0.2, 0.25) is 0 Å². The van der Waals surface area contributed by atoms with E-state index in [4.69, 9.17) is 4.74 Å². The van der Waals surface area contributed by atoms with E-state index >= 15 is 0 Å². The molecule has 0 amide bonds. The largest absolute Gasteiger partial charge is 0.465 e. The third kappa shape index (κ3) is 2.90. The van der Waals surface area contributed by atoms with Crippen molar-refractivity contribution in [2.24, 2.45) is 0 Å². The van der Waals surface area contributed by atoms with E-state index in [1.54, 1.807) is 0 Å². The number of aryl methyl sites for hydroxylation is 1. The fraction of sp³-hybridized carbons (Fsp3) is 0.692. The van der Waals surface area contributed by atoms with Gasteiger partial charge in [0.1, 0.15) is 4.88 Å². The van der Waals surface area contributed by atoms with Crippen molar-refractivity contribution in [3.63, 3.8) is 0 Å². The fourth-order valence-corrected chi connectivity index (χ4v) is 3.43. The zero-order valence-electron chi connectivity index (χ0n) is 11.0. The van der Waals surface area contributed by atoms with Gasteiger partial charge in [-0.1, -0.05) is 13.3 Å². The van der Waals surface area contributed by atoms with Crippen molar-refractivity contribution in [3.05, 3.63) is 15.6 Å². The van der Waals surface area contributed by atoms with Crippen LogP contribution in [0.5, 0.6) is 0 Å². The van der Waals surface area contributed by atoms with E-state index in [0.29, 0.717) is 10.8 Å². The zero-order chi connectivity index (χ0) is 13.0. The number of carbonyl (C=O) groups is 1. The number of aromatic nitrogens is 1. The Bertz CT molecular complexity index is 411. The number of esters is 1. The van der Waals surface area contributed by atoms with Gasteiger partial charge in [-0.05, 0) is 25.8 Å². The Kier molecular flexibility index (Phi) is 4.72. The summed E-state index contributed by atoms with van der Waals surface area (Å²) < 4.78 is 4.84. The molecule has 1 saturated heterocycles. The van der Waals surface area contributed by atoms with Crippen molar-refractivity contribution in [1.29, 1.82) is 0 Å². The summed E-state index contributed by atoms with van der Waals surface area (Å²) in [5.74, 6) is 0.212. The molecule has 0 aliphatic carbocycles. The normalized spacial score (nSPS) is 19.8. The number of nitrogens with zero attached hydrogens (tertiary/aromatic N) is 1. The first-order valence-corrected chi connectivity index (χ1v) is 7.36. The zero-order valence-corrected chi connectivity index (χ0v) is 11.8. The Morgan fingerprint density at radius 3 is 3.06 bits per heavy atom. The maximum Gasteiger partial charge on any atom is 0.349 e. The van der Waals surface area contributed by atoms with Crippen LogP contribution in [0.25, 0.3) is 0 Å². The number of hydrogen-bond acceptors (Lipinski definition) is 5. The summed E-state index contributed by atoms with van der Waals surface area (Å²) >= 11 is 1.51. The van der Waals surface area contributed by atoms with E-state index < -0.39 is 0 Å². The van der Waals surface area contributed by atoms with E-state index in [-0.39, 0.29) is 5.97 Å². The van der Waals surface area contributed by atoms with Crippen molar-refractivity contribution in [1.82, 2.24) is 10.3 Å². The third-order valence-electron chi connectivity index (χ3n) is 3.22. The number of rotatable bonds is 4. The van der Waals surface area contributed by atoms with E-state index in [1.165, 1.54) is 24.9 Å². The molecule has 18 heavy (non-hydrogen) atoms. The number of thiazole rings is 1. The molecule has 0 saturated carbocycles. The maximum atomic E-state index is 11.7. The van der Waals surface area contributed by atoms with Crippen LogP contribution in [0.2, 0.25) is 0 Å². The van der Waals surface area contributed by atoms with Crippen LogP contribution < -0.4 is 5.32 Å². The molecule has 0 bridgehead atoms. The molecule has 100 valence electrons. The predicted molar refractivity (Wildman–Crippen MR) is 72.3 cm³/mol. The molecule has 1 fully saturated rings. The van der Waals surface area contributed by atoms with E-state index in [1.807, 2.05) is 0 Å². The summed E-state index contributed by atoms with van der Waals surface area (Å²) in [5.41, 5.74) is 0.912. The first-order valence-electron chi connectivity index (χ1n) is 6.54. The molecule has 2 rings (SSSR count). The minimum absolute atomic E-state index is 0.244. The monoisotopic (exact) mass is 268 g/mol. The Balaban J connectivity index is 2.23. The molecule has 1 unspecified atom stereocenters. The lowest BCUT2D eigenvalue weighted by molar-refractivity contribution is 0.0605. The van der Waals surface area contributed by atoms with E-state index in [9.17, 15) is 4.79 Å². The molecular formula is C13H20N2O2S. The minimum atomic E-state index is -0.244. The van der Waals surface area contributed by atoms with Gasteiger partial charge in [-0.25, -0.2) is 9.78 Å². The number of ether oxygens (including phenoxy) is 1. The van der Waals surface area contributed by atoms with Crippen molar-refractivity contribution in [2.75, 3.05) is 20.2 Å². The second-order valence-corrected chi connectivity index (χ2v) is 5.64. The quantitative estimate of drug-likeness (QED) is 0.852. The maximum absolute atomic E-state index is 11.7. The van der Waals surface area contributed by atoms with Crippen molar-refractivity contribution < 1.29 is 9.53 Å². The highest BCUT2D eigenvalue weighted by molar-refractivity contribution is 7.13. The smallest absolute Gasteiger partial charge is 0.349 e. The summed E-state index contributed by atoms with van der Waals surface area (Å²) in [7, 11) is 1.43. The van der Waals surface area contributed by atoms with Crippen LogP contribution >= 0.6 is 11.3 Å². The van der Waals surface area contributed by atoms with E-state index in [2.05, 4.69) is 17.2 Å². The Morgan fingerprint density at radius 2 is 2.44 bits per heavy atom. The molecule has 0 spiro atoms. The lowest BCUT2D eigenvalue weighted by atomic mass is 10.0. The average molecular weight is 268 g/mol. The first kappa shape index (κ1) is 13.5. The van der Waals surface area contributed by atoms with Crippen molar-refractivity contribution in [3.8, 4) is 0 Å². The number of carbonyl (C=O) groups excluding carboxylic acids is 1. The van der Waals surface area contributed by atoms with Gasteiger partial charge in [0, 0.05) is 12.5 Å². The number of nitrogens with one attached hydrogen (secondary N) is 1. The molecule has 4 nitrogen and oxygen atoms in total. The van der Waals surface area contributed by atoms with Crippen molar-refractivity contribution >= 4 is 17.3 Å². The van der Waals surface area contributed by atoms with Crippen LogP contribution in [0.15, 0.2) is 0 Å². The van der Waals surface area contributed by atoms with Gasteiger partial charge in [-0.3, -0.25) is 0 Å². The van der Waals surface area contributed by atoms with Crippen LogP contribution in [-0.2, 0) is 11.2 Å².